The second-order valence-corrected chi connectivity index (χ2v) is 4.33. The van der Waals surface area contributed by atoms with E-state index in [0.717, 1.165) is 11.6 Å². The van der Waals surface area contributed by atoms with Crippen LogP contribution in [0, 0.1) is 0 Å². The van der Waals surface area contributed by atoms with E-state index in [-0.39, 0.29) is 6.61 Å². The van der Waals surface area contributed by atoms with Crippen molar-refractivity contribution in [2.24, 2.45) is 0 Å². The molecule has 0 aromatic heterocycles. The maximum absolute atomic E-state index is 10.2. The highest BCUT2D eigenvalue weighted by Crippen LogP contribution is 2.21. The number of benzene rings is 1. The van der Waals surface area contributed by atoms with Gasteiger partial charge in [0.1, 0.15) is 6.08 Å². The molecule has 5 heteroatoms. The lowest BCUT2D eigenvalue weighted by Gasteiger charge is -2.14. The number of ether oxygens (including phenoxy) is 3. The largest absolute Gasteiger partial charge is 0.390 e. The van der Waals surface area contributed by atoms with Gasteiger partial charge in [0.2, 0.25) is 0 Å². The zero-order chi connectivity index (χ0) is 19.3. The SMILES string of the molecule is [2H]C1(OC)O[C@]([2H])(C([2H])([2H])OCc2ccc(Br)cc2)[C@@]([2H])(O)C1([2H])[2H]. The van der Waals surface area contributed by atoms with E-state index in [1.807, 2.05) is 0 Å². The number of methoxy groups -OCH3 is 1. The molecule has 0 radical (unpaired) electrons. The van der Waals surface area contributed by atoms with Gasteiger partial charge in [0.15, 0.2) is 6.27 Å². The number of hydrogen-bond donors (Lipinski definition) is 1. The van der Waals surface area contributed by atoms with Crippen LogP contribution in [0.15, 0.2) is 28.7 Å². The summed E-state index contributed by atoms with van der Waals surface area (Å²) in [7, 11) is 0.894. The molecule has 1 aliphatic rings. The average Bonchev–Trinajstić information content (AvgIpc) is 2.63. The summed E-state index contributed by atoms with van der Waals surface area (Å²) in [5.41, 5.74) is 0.536. The van der Waals surface area contributed by atoms with Gasteiger partial charge in [-0.3, -0.25) is 0 Å². The fraction of sp³-hybridized carbons (Fsp3) is 0.538. The van der Waals surface area contributed by atoms with Crippen LogP contribution in [-0.4, -0.2) is 37.2 Å². The molecule has 0 spiro atoms. The molecule has 1 aromatic carbocycles. The van der Waals surface area contributed by atoms with Crippen LogP contribution < -0.4 is 0 Å². The fourth-order valence-electron chi connectivity index (χ4n) is 1.25. The average molecular weight is 324 g/mol. The van der Waals surface area contributed by atoms with Crippen LogP contribution in [-0.2, 0) is 20.8 Å². The van der Waals surface area contributed by atoms with Gasteiger partial charge in [-0.2, -0.15) is 0 Å². The predicted molar refractivity (Wildman–Crippen MR) is 70.1 cm³/mol. The monoisotopic (exact) mass is 323 g/mol. The lowest BCUT2D eigenvalue weighted by Crippen LogP contribution is -2.26. The van der Waals surface area contributed by atoms with Gasteiger partial charge in [-0.05, 0) is 17.7 Å². The third-order valence-corrected chi connectivity index (χ3v) is 2.66. The Morgan fingerprint density at radius 1 is 1.61 bits per heavy atom. The highest BCUT2D eigenvalue weighted by Gasteiger charge is 2.33. The first-order chi connectivity index (χ1) is 11.2. The molecule has 0 aliphatic carbocycles. The Kier molecular flexibility index (Phi) is 2.71. The molecule has 0 amide bonds. The Morgan fingerprint density at radius 2 is 2.33 bits per heavy atom. The Bertz CT molecular complexity index is 642. The van der Waals surface area contributed by atoms with E-state index in [9.17, 15) is 5.11 Å². The van der Waals surface area contributed by atoms with E-state index in [4.69, 9.17) is 19.1 Å². The minimum atomic E-state index is -3.49. The second-order valence-electron chi connectivity index (χ2n) is 3.41. The van der Waals surface area contributed by atoms with Crippen LogP contribution >= 0.6 is 15.9 Å². The lowest BCUT2D eigenvalue weighted by atomic mass is 10.2. The summed E-state index contributed by atoms with van der Waals surface area (Å²) in [6.45, 7) is -3.47. The van der Waals surface area contributed by atoms with Crippen LogP contribution in [0.25, 0.3) is 0 Å². The van der Waals surface area contributed by atoms with Gasteiger partial charge in [-0.25, -0.2) is 0 Å². The zero-order valence-electron chi connectivity index (χ0n) is 16.6. The van der Waals surface area contributed by atoms with Gasteiger partial charge in [0.05, 0.1) is 26.1 Å². The Morgan fingerprint density at radius 3 is 2.94 bits per heavy atom. The molecule has 1 fully saturated rings. The molecule has 1 saturated heterocycles. The number of rotatable bonds is 5. The molecule has 18 heavy (non-hydrogen) atoms. The summed E-state index contributed by atoms with van der Waals surface area (Å²) in [5, 5.41) is 10.2. The quantitative estimate of drug-likeness (QED) is 0.901. The Labute approximate surface area is 125 Å². The maximum Gasteiger partial charge on any atom is 0.160 e. The van der Waals surface area contributed by atoms with Gasteiger partial charge in [0.25, 0.3) is 0 Å². The highest BCUT2D eigenvalue weighted by molar-refractivity contribution is 9.10. The summed E-state index contributed by atoms with van der Waals surface area (Å²) in [6.07, 6.45) is -13.0. The summed E-state index contributed by atoms with van der Waals surface area (Å²) < 4.78 is 70.2. The Hall–Kier alpha value is -0.460. The molecule has 1 N–H and O–H groups in total. The second kappa shape index (κ2) is 6.63. The Balaban J connectivity index is 2.31. The standard InChI is InChI=1S/C13H17BrO4/c1-16-13-6-11(15)12(18-13)8-17-7-9-2-4-10(14)5-3-9/h2-5,11-13,15H,6-8H2,1H3/t11-,12+,13?/m0/s1/i6D2,8D2,11D,12D,13D. The van der Waals surface area contributed by atoms with Crippen molar-refractivity contribution in [3.8, 4) is 0 Å². The number of halogens is 1. The van der Waals surface area contributed by atoms with Gasteiger partial charge in [-0.1, -0.05) is 28.1 Å². The first-order valence-corrected chi connectivity index (χ1v) is 5.89. The zero-order valence-corrected chi connectivity index (χ0v) is 11.2. The number of aliphatic hydroxyl groups is 1. The molecule has 1 aliphatic heterocycles. The van der Waals surface area contributed by atoms with Crippen molar-refractivity contribution in [3.63, 3.8) is 0 Å². The van der Waals surface area contributed by atoms with Gasteiger partial charge in [-0.15, -0.1) is 0 Å². The minimum absolute atomic E-state index is 0.332. The summed E-state index contributed by atoms with van der Waals surface area (Å²) in [4.78, 5) is 0. The molecule has 4 nitrogen and oxygen atoms in total. The third kappa shape index (κ3) is 3.76. The van der Waals surface area contributed by atoms with Crippen LogP contribution in [0.1, 0.15) is 21.5 Å². The minimum Gasteiger partial charge on any atom is -0.390 e. The summed E-state index contributed by atoms with van der Waals surface area (Å²) >= 11 is 3.25. The van der Waals surface area contributed by atoms with Crippen LogP contribution in [0.2, 0.25) is 0 Å². The van der Waals surface area contributed by atoms with Crippen molar-refractivity contribution in [2.45, 2.75) is 31.4 Å². The molecule has 1 aromatic rings. The lowest BCUT2D eigenvalue weighted by molar-refractivity contribution is -0.134. The van der Waals surface area contributed by atoms with E-state index in [0.29, 0.717) is 5.56 Å². The third-order valence-electron chi connectivity index (χ3n) is 2.13. The van der Waals surface area contributed by atoms with Crippen LogP contribution in [0.3, 0.4) is 0 Å². The van der Waals surface area contributed by atoms with Crippen molar-refractivity contribution in [1.82, 2.24) is 0 Å². The molecule has 100 valence electrons. The first-order valence-electron chi connectivity index (χ1n) is 8.60. The van der Waals surface area contributed by atoms with Crippen LogP contribution in [0.5, 0.6) is 0 Å². The molecule has 0 saturated carbocycles. The van der Waals surface area contributed by atoms with E-state index in [1.165, 1.54) is 0 Å². The number of hydrogen-bond acceptors (Lipinski definition) is 4. The van der Waals surface area contributed by atoms with Crippen LogP contribution in [0.4, 0.5) is 0 Å². The predicted octanol–water partition coefficient (Wildman–Crippen LogP) is 2.09. The van der Waals surface area contributed by atoms with E-state index in [2.05, 4.69) is 20.7 Å². The molecule has 0 bridgehead atoms. The van der Waals surface area contributed by atoms with Gasteiger partial charge in [0, 0.05) is 20.7 Å². The first kappa shape index (κ1) is 7.36. The summed E-state index contributed by atoms with van der Waals surface area (Å²) in [5.74, 6) is 0. The molecular formula is C13H17BrO4. The molecule has 1 heterocycles. The van der Waals surface area contributed by atoms with E-state index >= 15 is 0 Å². The fourth-order valence-corrected chi connectivity index (χ4v) is 1.51. The molecule has 1 unspecified atom stereocenters. The smallest absolute Gasteiger partial charge is 0.160 e. The van der Waals surface area contributed by atoms with E-state index in [1.54, 1.807) is 24.3 Å². The highest BCUT2D eigenvalue weighted by atomic mass is 79.9. The topological polar surface area (TPSA) is 47.9 Å². The van der Waals surface area contributed by atoms with Crippen molar-refractivity contribution in [2.75, 3.05) is 13.7 Å². The molecule has 3 atom stereocenters. The molecule has 2 rings (SSSR count). The van der Waals surface area contributed by atoms with Gasteiger partial charge >= 0.3 is 0 Å². The summed E-state index contributed by atoms with van der Waals surface area (Å²) in [6, 6.07) is 6.64. The van der Waals surface area contributed by atoms with Crippen molar-refractivity contribution < 1.29 is 28.9 Å². The van der Waals surface area contributed by atoms with Gasteiger partial charge < -0.3 is 19.3 Å². The maximum atomic E-state index is 10.2. The van der Waals surface area contributed by atoms with Crippen molar-refractivity contribution >= 4 is 15.9 Å². The van der Waals surface area contributed by atoms with Crippen molar-refractivity contribution in [1.29, 1.82) is 0 Å². The normalized spacial score (nSPS) is 49.2. The molecular weight excluding hydrogens is 300 g/mol. The van der Waals surface area contributed by atoms with E-state index < -0.39 is 31.4 Å². The van der Waals surface area contributed by atoms with Crippen molar-refractivity contribution in [3.05, 3.63) is 34.3 Å².